The van der Waals surface area contributed by atoms with Gasteiger partial charge in [-0.25, -0.2) is 9.78 Å². The molecule has 2 unspecified atom stereocenters. The van der Waals surface area contributed by atoms with Crippen molar-refractivity contribution in [1.82, 2.24) is 4.98 Å². The number of esters is 1. The second kappa shape index (κ2) is 11.5. The van der Waals surface area contributed by atoms with Gasteiger partial charge in [-0.3, -0.25) is 9.69 Å². The standard InChI is InChI=1S/C20H32N2O5S/c1-5-7-8-11-22(18(23)15(4)27-13-16-10-9-12-26-16)20-21-14(3)17(28-20)19(24)25-6-2/h15-16H,5-13H2,1-4H3. The smallest absolute Gasteiger partial charge is 0.350 e. The Balaban J connectivity index is 2.10. The molecule has 2 heterocycles. The highest BCUT2D eigenvalue weighted by Gasteiger charge is 2.28. The van der Waals surface area contributed by atoms with Crippen LogP contribution >= 0.6 is 11.3 Å². The maximum atomic E-state index is 13.1. The van der Waals surface area contributed by atoms with Crippen LogP contribution in [0.3, 0.4) is 0 Å². The molecular weight excluding hydrogens is 380 g/mol. The summed E-state index contributed by atoms with van der Waals surface area (Å²) in [4.78, 5) is 31.8. The van der Waals surface area contributed by atoms with Gasteiger partial charge in [-0.15, -0.1) is 0 Å². The first-order valence-electron chi connectivity index (χ1n) is 10.2. The highest BCUT2D eigenvalue weighted by atomic mass is 32.1. The summed E-state index contributed by atoms with van der Waals surface area (Å²) in [6.45, 7) is 9.44. The number of thiazole rings is 1. The van der Waals surface area contributed by atoms with Crippen LogP contribution < -0.4 is 4.90 Å². The maximum Gasteiger partial charge on any atom is 0.350 e. The second-order valence-electron chi connectivity index (χ2n) is 6.94. The number of aryl methyl sites for hydroxylation is 1. The van der Waals surface area contributed by atoms with Crippen LogP contribution in [0.2, 0.25) is 0 Å². The van der Waals surface area contributed by atoms with Crippen molar-refractivity contribution in [2.24, 2.45) is 0 Å². The lowest BCUT2D eigenvalue weighted by molar-refractivity contribution is -0.131. The van der Waals surface area contributed by atoms with Crippen molar-refractivity contribution in [1.29, 1.82) is 0 Å². The van der Waals surface area contributed by atoms with Gasteiger partial charge >= 0.3 is 5.97 Å². The molecule has 0 N–H and O–H groups in total. The average molecular weight is 413 g/mol. The quantitative estimate of drug-likeness (QED) is 0.407. The minimum atomic E-state index is -0.596. The van der Waals surface area contributed by atoms with Crippen molar-refractivity contribution in [2.75, 3.05) is 31.3 Å². The molecule has 2 atom stereocenters. The van der Waals surface area contributed by atoms with E-state index in [-0.39, 0.29) is 12.0 Å². The average Bonchev–Trinajstić information content (AvgIpc) is 3.32. The molecule has 158 valence electrons. The monoisotopic (exact) mass is 412 g/mol. The highest BCUT2D eigenvalue weighted by Crippen LogP contribution is 2.28. The van der Waals surface area contributed by atoms with E-state index in [0.29, 0.717) is 35.5 Å². The van der Waals surface area contributed by atoms with Gasteiger partial charge in [-0.05, 0) is 40.0 Å². The zero-order valence-corrected chi connectivity index (χ0v) is 18.2. The van der Waals surface area contributed by atoms with E-state index in [1.807, 2.05) is 0 Å². The number of carbonyl (C=O) groups is 2. The van der Waals surface area contributed by atoms with Crippen molar-refractivity contribution in [3.63, 3.8) is 0 Å². The Morgan fingerprint density at radius 1 is 1.36 bits per heavy atom. The van der Waals surface area contributed by atoms with E-state index in [2.05, 4.69) is 11.9 Å². The van der Waals surface area contributed by atoms with Gasteiger partial charge in [-0.1, -0.05) is 31.1 Å². The van der Waals surface area contributed by atoms with Gasteiger partial charge in [0.1, 0.15) is 11.0 Å². The zero-order valence-electron chi connectivity index (χ0n) is 17.4. The van der Waals surface area contributed by atoms with Gasteiger partial charge < -0.3 is 14.2 Å². The molecule has 28 heavy (non-hydrogen) atoms. The predicted octanol–water partition coefficient (Wildman–Crippen LogP) is 3.74. The Morgan fingerprint density at radius 3 is 2.79 bits per heavy atom. The molecule has 2 rings (SSSR count). The van der Waals surface area contributed by atoms with E-state index < -0.39 is 12.1 Å². The topological polar surface area (TPSA) is 78.0 Å². The first-order valence-corrected chi connectivity index (χ1v) is 11.0. The van der Waals surface area contributed by atoms with E-state index >= 15 is 0 Å². The fourth-order valence-corrected chi connectivity index (χ4v) is 4.01. The largest absolute Gasteiger partial charge is 0.462 e. The molecule has 0 radical (unpaired) electrons. The first-order chi connectivity index (χ1) is 13.5. The van der Waals surface area contributed by atoms with E-state index in [1.54, 1.807) is 25.7 Å². The Bertz CT molecular complexity index is 643. The lowest BCUT2D eigenvalue weighted by Gasteiger charge is -2.24. The molecule has 0 spiro atoms. The van der Waals surface area contributed by atoms with Crippen LogP contribution in [0, 0.1) is 6.92 Å². The predicted molar refractivity (Wildman–Crippen MR) is 109 cm³/mol. The van der Waals surface area contributed by atoms with Crippen LogP contribution in [0.5, 0.6) is 0 Å². The van der Waals surface area contributed by atoms with Gasteiger partial charge in [0.15, 0.2) is 5.13 Å². The van der Waals surface area contributed by atoms with Crippen molar-refractivity contribution < 1.29 is 23.8 Å². The summed E-state index contributed by atoms with van der Waals surface area (Å²) < 4.78 is 16.4. The van der Waals surface area contributed by atoms with Gasteiger partial charge in [-0.2, -0.15) is 0 Å². The molecular formula is C20H32N2O5S. The number of hydrogen-bond donors (Lipinski definition) is 0. The third-order valence-electron chi connectivity index (χ3n) is 4.63. The van der Waals surface area contributed by atoms with E-state index in [0.717, 1.165) is 38.7 Å². The van der Waals surface area contributed by atoms with E-state index in [1.165, 1.54) is 11.3 Å². The number of anilines is 1. The third kappa shape index (κ3) is 6.25. The number of ether oxygens (including phenoxy) is 3. The van der Waals surface area contributed by atoms with Crippen molar-refractivity contribution in [2.45, 2.75) is 72.0 Å². The van der Waals surface area contributed by atoms with Crippen LogP contribution in [-0.4, -0.2) is 55.4 Å². The minimum Gasteiger partial charge on any atom is -0.462 e. The number of carbonyl (C=O) groups excluding carboxylic acids is 2. The van der Waals surface area contributed by atoms with Crippen molar-refractivity contribution >= 4 is 28.3 Å². The van der Waals surface area contributed by atoms with Gasteiger partial charge in [0.05, 0.1) is 25.0 Å². The minimum absolute atomic E-state index is 0.0707. The molecule has 0 bridgehead atoms. The SMILES string of the molecule is CCCCCN(C(=O)C(C)OCC1CCCO1)c1nc(C)c(C(=O)OCC)s1. The van der Waals surface area contributed by atoms with Crippen LogP contribution in [0.4, 0.5) is 5.13 Å². The summed E-state index contributed by atoms with van der Waals surface area (Å²) >= 11 is 1.20. The Hall–Kier alpha value is -1.51. The van der Waals surface area contributed by atoms with Crippen LogP contribution in [0.15, 0.2) is 0 Å². The summed E-state index contributed by atoms with van der Waals surface area (Å²) in [5.74, 6) is -0.536. The second-order valence-corrected chi connectivity index (χ2v) is 7.92. The summed E-state index contributed by atoms with van der Waals surface area (Å²) in [5, 5.41) is 0.522. The Kier molecular flexibility index (Phi) is 9.34. The number of nitrogens with zero attached hydrogens (tertiary/aromatic N) is 2. The molecule has 1 amide bonds. The molecule has 8 heteroatoms. The lowest BCUT2D eigenvalue weighted by atomic mass is 10.2. The summed E-state index contributed by atoms with van der Waals surface area (Å²) in [7, 11) is 0. The molecule has 0 aromatic carbocycles. The normalized spacial score (nSPS) is 17.5. The number of rotatable bonds is 11. The van der Waals surface area contributed by atoms with Crippen molar-refractivity contribution in [3.05, 3.63) is 10.6 Å². The number of amides is 1. The molecule has 1 aliphatic rings. The Labute approximate surface area is 171 Å². The molecule has 1 aromatic rings. The number of hydrogen-bond acceptors (Lipinski definition) is 7. The highest BCUT2D eigenvalue weighted by molar-refractivity contribution is 7.17. The van der Waals surface area contributed by atoms with Crippen LogP contribution in [0.25, 0.3) is 0 Å². The molecule has 1 aromatic heterocycles. The summed E-state index contributed by atoms with van der Waals surface area (Å²) in [5.41, 5.74) is 0.583. The molecule has 0 saturated carbocycles. The zero-order chi connectivity index (χ0) is 20.5. The van der Waals surface area contributed by atoms with Crippen LogP contribution in [-0.2, 0) is 19.0 Å². The van der Waals surface area contributed by atoms with Crippen molar-refractivity contribution in [3.8, 4) is 0 Å². The summed E-state index contributed by atoms with van der Waals surface area (Å²) in [6.07, 6.45) is 4.42. The van der Waals surface area contributed by atoms with Gasteiger partial charge in [0.25, 0.3) is 5.91 Å². The number of aromatic nitrogens is 1. The van der Waals surface area contributed by atoms with E-state index in [9.17, 15) is 9.59 Å². The van der Waals surface area contributed by atoms with Crippen LogP contribution in [0.1, 0.15) is 68.2 Å². The maximum absolute atomic E-state index is 13.1. The first kappa shape index (κ1) is 22.8. The summed E-state index contributed by atoms with van der Waals surface area (Å²) in [6, 6.07) is 0. The van der Waals surface area contributed by atoms with Gasteiger partial charge in [0.2, 0.25) is 0 Å². The van der Waals surface area contributed by atoms with E-state index in [4.69, 9.17) is 14.2 Å². The van der Waals surface area contributed by atoms with Gasteiger partial charge in [0, 0.05) is 13.2 Å². The molecule has 1 aliphatic heterocycles. The molecule has 1 saturated heterocycles. The fourth-order valence-electron chi connectivity index (χ4n) is 3.02. The fraction of sp³-hybridized carbons (Fsp3) is 0.750. The Morgan fingerprint density at radius 2 is 2.14 bits per heavy atom. The third-order valence-corrected chi connectivity index (χ3v) is 5.79. The molecule has 7 nitrogen and oxygen atoms in total. The lowest BCUT2D eigenvalue weighted by Crippen LogP contribution is -2.40. The number of unbranched alkanes of at least 4 members (excludes halogenated alkanes) is 2. The molecule has 0 aliphatic carbocycles. The molecule has 1 fully saturated rings.